The van der Waals surface area contributed by atoms with Gasteiger partial charge in [0.2, 0.25) is 5.91 Å². The summed E-state index contributed by atoms with van der Waals surface area (Å²) in [5.74, 6) is 0.0700. The summed E-state index contributed by atoms with van der Waals surface area (Å²) in [7, 11) is 0. The largest absolute Gasteiger partial charge is 0.341 e. The molecule has 0 aliphatic carbocycles. The standard InChI is InChI=1S/C27H32N4OS/c1-3-31-25-9-5-4-8-23(25)24-19-21(10-11-26(24)31)28-27(32)20(2)30-16-14-29(15-17-30)13-12-22-7-6-18-33-22/h4-11,18-20H,3,12-17H2,1-2H3,(H,28,32). The number of nitrogens with zero attached hydrogens (tertiary/aromatic N) is 3. The molecule has 1 atom stereocenters. The van der Waals surface area contributed by atoms with Gasteiger partial charge in [-0.3, -0.25) is 9.69 Å². The molecule has 0 spiro atoms. The second-order valence-corrected chi connectivity index (χ2v) is 9.90. The van der Waals surface area contributed by atoms with Crippen molar-refractivity contribution in [2.75, 3.05) is 38.0 Å². The van der Waals surface area contributed by atoms with Gasteiger partial charge in [0.1, 0.15) is 0 Å². The Kier molecular flexibility index (Phi) is 6.49. The van der Waals surface area contributed by atoms with Crippen LogP contribution in [-0.4, -0.2) is 59.0 Å². The number of rotatable bonds is 7. The van der Waals surface area contributed by atoms with Gasteiger partial charge in [-0.05, 0) is 56.0 Å². The van der Waals surface area contributed by atoms with Gasteiger partial charge in [-0.1, -0.05) is 24.3 Å². The minimum Gasteiger partial charge on any atom is -0.341 e. The summed E-state index contributed by atoms with van der Waals surface area (Å²) in [6.45, 7) is 10.1. The molecule has 5 rings (SSSR count). The molecule has 0 bridgehead atoms. The maximum Gasteiger partial charge on any atom is 0.241 e. The van der Waals surface area contributed by atoms with E-state index in [-0.39, 0.29) is 11.9 Å². The molecule has 1 saturated heterocycles. The smallest absolute Gasteiger partial charge is 0.241 e. The van der Waals surface area contributed by atoms with Crippen molar-refractivity contribution in [2.24, 2.45) is 0 Å². The summed E-state index contributed by atoms with van der Waals surface area (Å²) in [5, 5.41) is 7.75. The van der Waals surface area contributed by atoms with Crippen LogP contribution in [0.5, 0.6) is 0 Å². The first-order valence-corrected chi connectivity index (χ1v) is 12.8. The predicted octanol–water partition coefficient (Wildman–Crippen LogP) is 5.06. The third-order valence-corrected chi connectivity index (χ3v) is 7.88. The van der Waals surface area contributed by atoms with Crippen molar-refractivity contribution < 1.29 is 4.79 Å². The molecule has 2 aromatic heterocycles. The fraction of sp³-hybridized carbons (Fsp3) is 0.370. The molecular weight excluding hydrogens is 428 g/mol. The van der Waals surface area contributed by atoms with E-state index in [9.17, 15) is 4.79 Å². The summed E-state index contributed by atoms with van der Waals surface area (Å²) in [6, 6.07) is 19.0. The third kappa shape index (κ3) is 4.56. The fourth-order valence-corrected chi connectivity index (χ4v) is 5.68. The SMILES string of the molecule is CCn1c2ccccc2c2cc(NC(=O)C(C)N3CCN(CCc4cccs4)CC3)ccc21. The van der Waals surface area contributed by atoms with Gasteiger partial charge in [-0.15, -0.1) is 11.3 Å². The van der Waals surface area contributed by atoms with Crippen LogP contribution in [-0.2, 0) is 17.8 Å². The van der Waals surface area contributed by atoms with E-state index in [2.05, 4.69) is 80.5 Å². The molecular formula is C27H32N4OS. The molecule has 1 fully saturated rings. The Hall–Kier alpha value is -2.67. The van der Waals surface area contributed by atoms with Gasteiger partial charge in [-0.25, -0.2) is 0 Å². The van der Waals surface area contributed by atoms with Crippen LogP contribution in [0, 0.1) is 0 Å². The van der Waals surface area contributed by atoms with Gasteiger partial charge in [0.15, 0.2) is 0 Å². The highest BCUT2D eigenvalue weighted by molar-refractivity contribution is 7.09. The zero-order valence-electron chi connectivity index (χ0n) is 19.5. The lowest BCUT2D eigenvalue weighted by Crippen LogP contribution is -2.53. The molecule has 1 amide bonds. The van der Waals surface area contributed by atoms with E-state index in [0.29, 0.717) is 0 Å². The van der Waals surface area contributed by atoms with E-state index in [4.69, 9.17) is 0 Å². The Morgan fingerprint density at radius 1 is 1.00 bits per heavy atom. The molecule has 6 heteroatoms. The van der Waals surface area contributed by atoms with Crippen molar-refractivity contribution in [1.82, 2.24) is 14.4 Å². The Morgan fingerprint density at radius 3 is 2.55 bits per heavy atom. The number of piperazine rings is 1. The molecule has 0 saturated carbocycles. The quantitative estimate of drug-likeness (QED) is 0.419. The van der Waals surface area contributed by atoms with Crippen LogP contribution in [0.4, 0.5) is 5.69 Å². The van der Waals surface area contributed by atoms with E-state index in [1.165, 1.54) is 26.7 Å². The molecule has 2 aromatic carbocycles. The van der Waals surface area contributed by atoms with Crippen molar-refractivity contribution in [3.63, 3.8) is 0 Å². The van der Waals surface area contributed by atoms with Crippen molar-refractivity contribution >= 4 is 44.7 Å². The summed E-state index contributed by atoms with van der Waals surface area (Å²) < 4.78 is 2.33. The van der Waals surface area contributed by atoms with Gasteiger partial charge in [0.25, 0.3) is 0 Å². The number of amides is 1. The molecule has 1 aliphatic rings. The zero-order valence-corrected chi connectivity index (χ0v) is 20.3. The maximum absolute atomic E-state index is 13.1. The first kappa shape index (κ1) is 22.1. The highest BCUT2D eigenvalue weighted by atomic mass is 32.1. The highest BCUT2D eigenvalue weighted by Crippen LogP contribution is 2.31. The van der Waals surface area contributed by atoms with Crippen LogP contribution in [0.25, 0.3) is 21.8 Å². The average molecular weight is 461 g/mol. The highest BCUT2D eigenvalue weighted by Gasteiger charge is 2.25. The molecule has 1 unspecified atom stereocenters. The number of benzene rings is 2. The van der Waals surface area contributed by atoms with Crippen LogP contribution in [0.2, 0.25) is 0 Å². The van der Waals surface area contributed by atoms with Crippen LogP contribution >= 0.6 is 11.3 Å². The molecule has 172 valence electrons. The van der Waals surface area contributed by atoms with Crippen molar-refractivity contribution in [1.29, 1.82) is 0 Å². The Labute approximate surface area is 199 Å². The van der Waals surface area contributed by atoms with Crippen LogP contribution in [0.15, 0.2) is 60.0 Å². The molecule has 33 heavy (non-hydrogen) atoms. The number of carbonyl (C=O) groups is 1. The van der Waals surface area contributed by atoms with Crippen molar-refractivity contribution in [3.8, 4) is 0 Å². The first-order valence-electron chi connectivity index (χ1n) is 11.9. The van der Waals surface area contributed by atoms with E-state index in [0.717, 1.165) is 51.4 Å². The van der Waals surface area contributed by atoms with E-state index in [1.807, 2.05) is 24.3 Å². The topological polar surface area (TPSA) is 40.5 Å². The summed E-state index contributed by atoms with van der Waals surface area (Å²) in [5.41, 5.74) is 3.32. The lowest BCUT2D eigenvalue weighted by Gasteiger charge is -2.37. The molecule has 5 nitrogen and oxygen atoms in total. The summed E-state index contributed by atoms with van der Waals surface area (Å²) >= 11 is 1.83. The number of thiophene rings is 1. The summed E-state index contributed by atoms with van der Waals surface area (Å²) in [6.07, 6.45) is 1.12. The maximum atomic E-state index is 13.1. The molecule has 1 aliphatic heterocycles. The number of nitrogens with one attached hydrogen (secondary N) is 1. The van der Waals surface area contributed by atoms with Crippen LogP contribution < -0.4 is 5.32 Å². The third-order valence-electron chi connectivity index (χ3n) is 6.94. The Balaban J connectivity index is 1.22. The second kappa shape index (κ2) is 9.67. The van der Waals surface area contributed by atoms with E-state index in [1.54, 1.807) is 0 Å². The van der Waals surface area contributed by atoms with Gasteiger partial charge in [-0.2, -0.15) is 0 Å². The number of carbonyl (C=O) groups excluding carboxylic acids is 1. The monoisotopic (exact) mass is 460 g/mol. The number of fused-ring (bicyclic) bond motifs is 3. The number of hydrogen-bond donors (Lipinski definition) is 1. The van der Waals surface area contributed by atoms with Gasteiger partial charge < -0.3 is 14.8 Å². The lowest BCUT2D eigenvalue weighted by atomic mass is 10.1. The Morgan fingerprint density at radius 2 is 1.79 bits per heavy atom. The minimum absolute atomic E-state index is 0.0700. The average Bonchev–Trinajstić information content (AvgIpc) is 3.48. The zero-order chi connectivity index (χ0) is 22.8. The van der Waals surface area contributed by atoms with Gasteiger partial charge in [0.05, 0.1) is 6.04 Å². The molecule has 1 N–H and O–H groups in total. The predicted molar refractivity (Wildman–Crippen MR) is 139 cm³/mol. The van der Waals surface area contributed by atoms with Crippen molar-refractivity contribution in [3.05, 3.63) is 64.9 Å². The summed E-state index contributed by atoms with van der Waals surface area (Å²) in [4.78, 5) is 19.3. The molecule has 3 heterocycles. The van der Waals surface area contributed by atoms with Crippen LogP contribution in [0.3, 0.4) is 0 Å². The molecule has 4 aromatic rings. The van der Waals surface area contributed by atoms with Crippen molar-refractivity contribution in [2.45, 2.75) is 32.9 Å². The van der Waals surface area contributed by atoms with Gasteiger partial charge >= 0.3 is 0 Å². The number of aryl methyl sites for hydroxylation is 1. The first-order chi connectivity index (χ1) is 16.1. The number of anilines is 1. The second-order valence-electron chi connectivity index (χ2n) is 8.87. The lowest BCUT2D eigenvalue weighted by molar-refractivity contribution is -0.121. The normalized spacial score (nSPS) is 16.4. The number of aromatic nitrogens is 1. The Bertz CT molecular complexity index is 1240. The van der Waals surface area contributed by atoms with Gasteiger partial charge in [0, 0.05) is 71.6 Å². The number of hydrogen-bond acceptors (Lipinski definition) is 4. The fourth-order valence-electron chi connectivity index (χ4n) is 4.98. The van der Waals surface area contributed by atoms with Crippen LogP contribution in [0.1, 0.15) is 18.7 Å². The minimum atomic E-state index is -0.142. The molecule has 0 radical (unpaired) electrons. The van der Waals surface area contributed by atoms with E-state index < -0.39 is 0 Å². The number of para-hydroxylation sites is 1. The van der Waals surface area contributed by atoms with E-state index >= 15 is 0 Å².